The molecular formula is C6H5O2. The van der Waals surface area contributed by atoms with Crippen LogP contribution in [0.3, 0.4) is 0 Å². The number of hydrogen-bond acceptors (Lipinski definition) is 2. The van der Waals surface area contributed by atoms with Gasteiger partial charge in [-0.15, -0.1) is 0 Å². The van der Waals surface area contributed by atoms with Crippen molar-refractivity contribution in [1.29, 1.82) is 0 Å². The van der Waals surface area contributed by atoms with Crippen molar-refractivity contribution in [3.05, 3.63) is 24.3 Å². The molecule has 0 aromatic carbocycles. The van der Waals surface area contributed by atoms with Gasteiger partial charge in [-0.1, -0.05) is 0 Å². The minimum atomic E-state index is 0.657. The minimum Gasteiger partial charge on any atom is -0.464 e. The molecule has 0 aliphatic carbocycles. The number of fused-ring (bicyclic) bond motifs is 1. The lowest BCUT2D eigenvalue weighted by molar-refractivity contribution is 0.285. The molecule has 0 unspecified atom stereocenters. The average molecular weight is 109 g/mol. The van der Waals surface area contributed by atoms with Gasteiger partial charge in [0.2, 0.25) is 0 Å². The predicted octanol–water partition coefficient (Wildman–Crippen LogP) is 1.22. The summed E-state index contributed by atoms with van der Waals surface area (Å²) in [6.07, 6.45) is 3.61. The van der Waals surface area contributed by atoms with Gasteiger partial charge in [0.1, 0.15) is 0 Å². The molecule has 2 heteroatoms. The second kappa shape index (κ2) is 1.28. The average Bonchev–Trinajstić information content (AvgIpc) is 2.15. The Bertz CT molecular complexity index is 172. The van der Waals surface area contributed by atoms with Crippen LogP contribution in [0.5, 0.6) is 5.95 Å². The fraction of sp³-hybridized carbons (Fsp3) is 0.167. The van der Waals surface area contributed by atoms with E-state index in [1.807, 2.05) is 12.5 Å². The van der Waals surface area contributed by atoms with Gasteiger partial charge in [0, 0.05) is 12.0 Å². The van der Waals surface area contributed by atoms with Gasteiger partial charge in [0.05, 0.1) is 12.9 Å². The highest BCUT2D eigenvalue weighted by atomic mass is 16.6. The third kappa shape index (κ3) is 0.372. The topological polar surface area (TPSA) is 22.4 Å². The molecule has 8 heavy (non-hydrogen) atoms. The van der Waals surface area contributed by atoms with Crippen LogP contribution < -0.4 is 4.74 Å². The van der Waals surface area contributed by atoms with Crippen molar-refractivity contribution in [1.82, 2.24) is 0 Å². The Hall–Kier alpha value is -0.920. The first-order chi connectivity index (χ1) is 3.97. The van der Waals surface area contributed by atoms with Crippen LogP contribution in [0.25, 0.3) is 0 Å². The molecule has 0 saturated carbocycles. The molecule has 0 spiro atoms. The van der Waals surface area contributed by atoms with Crippen molar-refractivity contribution >= 4 is 0 Å². The Labute approximate surface area is 47.1 Å². The zero-order chi connectivity index (χ0) is 5.40. The largest absolute Gasteiger partial charge is 0.464 e. The first kappa shape index (κ1) is 4.01. The van der Waals surface area contributed by atoms with E-state index in [9.17, 15) is 0 Å². The molecule has 1 aromatic rings. The van der Waals surface area contributed by atoms with Crippen molar-refractivity contribution in [2.75, 3.05) is 6.61 Å². The summed E-state index contributed by atoms with van der Waals surface area (Å²) in [6.45, 7) is 0.662. The summed E-state index contributed by atoms with van der Waals surface area (Å²) in [7, 11) is 0. The fourth-order valence-electron chi connectivity index (χ4n) is 0.781. The van der Waals surface area contributed by atoms with Crippen molar-refractivity contribution in [2.45, 2.75) is 0 Å². The summed E-state index contributed by atoms with van der Waals surface area (Å²) in [5.74, 6) is 0.657. The highest BCUT2D eigenvalue weighted by molar-refractivity contribution is 5.34. The van der Waals surface area contributed by atoms with Crippen molar-refractivity contribution in [3.8, 4) is 5.95 Å². The van der Waals surface area contributed by atoms with Crippen molar-refractivity contribution < 1.29 is 9.15 Å². The van der Waals surface area contributed by atoms with Gasteiger partial charge in [-0.05, 0) is 6.07 Å². The number of ether oxygens (including phenoxy) is 1. The van der Waals surface area contributed by atoms with Crippen LogP contribution in [0, 0.1) is 6.42 Å². The highest BCUT2D eigenvalue weighted by Gasteiger charge is 2.13. The monoisotopic (exact) mass is 109 g/mol. The zero-order valence-corrected chi connectivity index (χ0v) is 4.26. The maximum absolute atomic E-state index is 5.02. The van der Waals surface area contributed by atoms with Crippen LogP contribution in [0.15, 0.2) is 16.7 Å². The third-order valence-electron chi connectivity index (χ3n) is 1.18. The predicted molar refractivity (Wildman–Crippen MR) is 27.6 cm³/mol. The number of rotatable bonds is 0. The standard InChI is InChI=1S/C6H5O2/c1-3-7-6-5(1)2-4-8-6/h1-3H,4H2. The van der Waals surface area contributed by atoms with Crippen LogP contribution in [0.1, 0.15) is 5.56 Å². The summed E-state index contributed by atoms with van der Waals surface area (Å²) >= 11 is 0. The van der Waals surface area contributed by atoms with Gasteiger partial charge >= 0.3 is 0 Å². The van der Waals surface area contributed by atoms with Crippen molar-refractivity contribution in [3.63, 3.8) is 0 Å². The number of hydrogen-bond donors (Lipinski definition) is 0. The second-order valence-corrected chi connectivity index (χ2v) is 1.68. The van der Waals surface area contributed by atoms with E-state index in [-0.39, 0.29) is 0 Å². The first-order valence-electron chi connectivity index (χ1n) is 2.50. The van der Waals surface area contributed by atoms with Gasteiger partial charge in [0.15, 0.2) is 0 Å². The van der Waals surface area contributed by atoms with Gasteiger partial charge in [-0.25, -0.2) is 0 Å². The summed E-state index contributed by atoms with van der Waals surface area (Å²) < 4.78 is 9.94. The van der Waals surface area contributed by atoms with Crippen LogP contribution in [-0.2, 0) is 0 Å². The van der Waals surface area contributed by atoms with Crippen LogP contribution in [0.4, 0.5) is 0 Å². The van der Waals surface area contributed by atoms with E-state index in [0.29, 0.717) is 12.6 Å². The highest BCUT2D eigenvalue weighted by Crippen LogP contribution is 2.26. The Balaban J connectivity index is 2.54. The Morgan fingerprint density at radius 1 is 1.50 bits per heavy atom. The first-order valence-corrected chi connectivity index (χ1v) is 2.50. The second-order valence-electron chi connectivity index (χ2n) is 1.68. The lowest BCUT2D eigenvalue weighted by Gasteiger charge is -1.86. The molecule has 0 amide bonds. The molecule has 41 valence electrons. The van der Waals surface area contributed by atoms with Gasteiger partial charge in [-0.2, -0.15) is 0 Å². The quantitative estimate of drug-likeness (QED) is 0.499. The summed E-state index contributed by atoms with van der Waals surface area (Å²) in [4.78, 5) is 0. The molecule has 0 N–H and O–H groups in total. The van der Waals surface area contributed by atoms with Crippen LogP contribution >= 0.6 is 0 Å². The van der Waals surface area contributed by atoms with E-state index < -0.39 is 0 Å². The summed E-state index contributed by atoms with van der Waals surface area (Å²) in [6, 6.07) is 1.89. The molecule has 1 aliphatic heterocycles. The lowest BCUT2D eigenvalue weighted by Crippen LogP contribution is -1.84. The van der Waals surface area contributed by atoms with E-state index in [0.717, 1.165) is 5.56 Å². The maximum atomic E-state index is 5.02. The molecule has 2 rings (SSSR count). The van der Waals surface area contributed by atoms with Gasteiger partial charge in [0.25, 0.3) is 5.95 Å². The molecule has 0 saturated heterocycles. The molecule has 0 atom stereocenters. The number of furan rings is 1. The fourth-order valence-corrected chi connectivity index (χ4v) is 0.781. The van der Waals surface area contributed by atoms with Crippen molar-refractivity contribution in [2.24, 2.45) is 0 Å². The van der Waals surface area contributed by atoms with E-state index in [2.05, 4.69) is 0 Å². The summed E-state index contributed by atoms with van der Waals surface area (Å²) in [5, 5.41) is 0. The SMILES string of the molecule is [CH]1COc2occc21. The van der Waals surface area contributed by atoms with Gasteiger partial charge in [-0.3, -0.25) is 0 Å². The molecule has 1 aromatic heterocycles. The van der Waals surface area contributed by atoms with E-state index in [1.54, 1.807) is 6.26 Å². The third-order valence-corrected chi connectivity index (χ3v) is 1.18. The molecule has 2 nitrogen and oxygen atoms in total. The van der Waals surface area contributed by atoms with E-state index in [1.165, 1.54) is 0 Å². The zero-order valence-electron chi connectivity index (χ0n) is 4.26. The minimum absolute atomic E-state index is 0.657. The molecule has 0 bridgehead atoms. The molecule has 1 aliphatic rings. The Morgan fingerprint density at radius 2 is 2.50 bits per heavy atom. The maximum Gasteiger partial charge on any atom is 0.288 e. The van der Waals surface area contributed by atoms with E-state index >= 15 is 0 Å². The molecule has 1 radical (unpaired) electrons. The van der Waals surface area contributed by atoms with Crippen LogP contribution in [0.2, 0.25) is 0 Å². The van der Waals surface area contributed by atoms with Crippen LogP contribution in [-0.4, -0.2) is 6.61 Å². The molecule has 2 heterocycles. The summed E-state index contributed by atoms with van der Waals surface area (Å²) in [5.41, 5.74) is 1.07. The molecule has 0 fully saturated rings. The smallest absolute Gasteiger partial charge is 0.288 e. The van der Waals surface area contributed by atoms with E-state index in [4.69, 9.17) is 9.15 Å². The Morgan fingerprint density at radius 3 is 3.38 bits per heavy atom. The Kier molecular flexibility index (Phi) is 0.640. The normalized spacial score (nSPS) is 15.5. The van der Waals surface area contributed by atoms with Gasteiger partial charge < -0.3 is 9.15 Å². The molecular weight excluding hydrogens is 104 g/mol. The lowest BCUT2D eigenvalue weighted by atomic mass is 10.3.